The summed E-state index contributed by atoms with van der Waals surface area (Å²) in [4.78, 5) is 23.0. The maximum absolute atomic E-state index is 11.0. The fourth-order valence-corrected chi connectivity index (χ4v) is 2.60. The summed E-state index contributed by atoms with van der Waals surface area (Å²) in [6.07, 6.45) is 6.89. The van der Waals surface area contributed by atoms with Gasteiger partial charge in [-0.25, -0.2) is 9.97 Å². The largest absolute Gasteiger partial charge is 0.361 e. The zero-order chi connectivity index (χ0) is 15.4. The average molecular weight is 320 g/mol. The fraction of sp³-hybridized carbons (Fsp3) is 0.462. The molecule has 116 valence electrons. The Kier molecular flexibility index (Phi) is 4.42. The molecule has 8 nitrogen and oxygen atoms in total. The van der Waals surface area contributed by atoms with Gasteiger partial charge in [0.15, 0.2) is 0 Å². The summed E-state index contributed by atoms with van der Waals surface area (Å²) in [5, 5.41) is 20.2. The lowest BCUT2D eigenvalue weighted by atomic mass is 10.3. The highest BCUT2D eigenvalue weighted by atomic mass is 32.1. The predicted octanol–water partition coefficient (Wildman–Crippen LogP) is 2.46. The third-order valence-corrected chi connectivity index (χ3v) is 4.06. The Morgan fingerprint density at radius 2 is 2.27 bits per heavy atom. The Labute approximate surface area is 131 Å². The number of aryl methyl sites for hydroxylation is 1. The first-order chi connectivity index (χ1) is 10.7. The Morgan fingerprint density at radius 3 is 2.95 bits per heavy atom. The van der Waals surface area contributed by atoms with Gasteiger partial charge in [-0.1, -0.05) is 0 Å². The van der Waals surface area contributed by atoms with Gasteiger partial charge in [0.1, 0.15) is 6.20 Å². The van der Waals surface area contributed by atoms with Crippen LogP contribution in [0.2, 0.25) is 0 Å². The van der Waals surface area contributed by atoms with E-state index in [2.05, 4.69) is 25.6 Å². The molecular weight excluding hydrogens is 304 g/mol. The number of rotatable bonds is 8. The summed E-state index contributed by atoms with van der Waals surface area (Å²) in [5.74, 6) is 0.706. The highest BCUT2D eigenvalue weighted by molar-refractivity contribution is 7.09. The summed E-state index contributed by atoms with van der Waals surface area (Å²) in [5.41, 5.74) is -0.0831. The number of aromatic nitrogens is 3. The minimum atomic E-state index is -0.461. The molecule has 1 saturated carbocycles. The van der Waals surface area contributed by atoms with Crippen molar-refractivity contribution >= 4 is 28.8 Å². The van der Waals surface area contributed by atoms with Crippen molar-refractivity contribution in [2.24, 2.45) is 0 Å². The molecule has 2 N–H and O–H groups in total. The van der Waals surface area contributed by atoms with Gasteiger partial charge in [0, 0.05) is 30.6 Å². The highest BCUT2D eigenvalue weighted by Gasteiger charge is 2.26. The second-order valence-electron chi connectivity index (χ2n) is 5.06. The van der Waals surface area contributed by atoms with E-state index in [1.165, 1.54) is 6.20 Å². The van der Waals surface area contributed by atoms with Crippen molar-refractivity contribution in [1.82, 2.24) is 15.0 Å². The van der Waals surface area contributed by atoms with Gasteiger partial charge in [0.25, 0.3) is 0 Å². The molecule has 0 aliphatic heterocycles. The molecule has 0 spiro atoms. The van der Waals surface area contributed by atoms with E-state index in [-0.39, 0.29) is 5.69 Å². The number of anilines is 2. The van der Waals surface area contributed by atoms with Crippen molar-refractivity contribution in [2.45, 2.75) is 31.7 Å². The van der Waals surface area contributed by atoms with Gasteiger partial charge in [-0.15, -0.1) is 11.3 Å². The number of nitro groups is 1. The van der Waals surface area contributed by atoms with Crippen molar-refractivity contribution in [3.8, 4) is 0 Å². The van der Waals surface area contributed by atoms with E-state index in [0.29, 0.717) is 24.4 Å². The summed E-state index contributed by atoms with van der Waals surface area (Å²) in [6, 6.07) is 0.298. The third kappa shape index (κ3) is 3.88. The second-order valence-corrected chi connectivity index (χ2v) is 6.04. The van der Waals surface area contributed by atoms with Crippen LogP contribution in [-0.4, -0.2) is 32.5 Å². The molecule has 0 atom stereocenters. The first-order valence-electron chi connectivity index (χ1n) is 7.12. The number of thiazole rings is 1. The lowest BCUT2D eigenvalue weighted by Crippen LogP contribution is -2.11. The van der Waals surface area contributed by atoms with E-state index >= 15 is 0 Å². The fourth-order valence-electron chi connectivity index (χ4n) is 1.94. The van der Waals surface area contributed by atoms with Crippen LogP contribution in [0.1, 0.15) is 24.3 Å². The molecule has 0 unspecified atom stereocenters. The van der Waals surface area contributed by atoms with Crippen LogP contribution >= 0.6 is 11.3 Å². The Bertz CT molecular complexity index is 644. The van der Waals surface area contributed by atoms with Crippen LogP contribution < -0.4 is 10.6 Å². The topological polar surface area (TPSA) is 106 Å². The molecule has 0 saturated heterocycles. The molecule has 0 amide bonds. The van der Waals surface area contributed by atoms with Crippen molar-refractivity contribution in [3.63, 3.8) is 0 Å². The molecule has 2 heterocycles. The lowest BCUT2D eigenvalue weighted by Gasteiger charge is -2.08. The van der Waals surface area contributed by atoms with Crippen molar-refractivity contribution in [2.75, 3.05) is 17.2 Å². The first kappa shape index (κ1) is 14.6. The zero-order valence-electron chi connectivity index (χ0n) is 11.9. The second kappa shape index (κ2) is 6.65. The molecule has 0 bridgehead atoms. The van der Waals surface area contributed by atoms with E-state index in [9.17, 15) is 10.1 Å². The molecule has 1 fully saturated rings. The minimum Gasteiger partial charge on any atom is -0.361 e. The molecule has 22 heavy (non-hydrogen) atoms. The quantitative estimate of drug-likeness (QED) is 0.437. The monoisotopic (exact) mass is 320 g/mol. The normalized spacial score (nSPS) is 13.8. The third-order valence-electron chi connectivity index (χ3n) is 3.22. The van der Waals surface area contributed by atoms with Crippen LogP contribution in [0.3, 0.4) is 0 Å². The van der Waals surface area contributed by atoms with Gasteiger partial charge in [0.2, 0.25) is 11.8 Å². The summed E-state index contributed by atoms with van der Waals surface area (Å²) in [7, 11) is 0. The summed E-state index contributed by atoms with van der Waals surface area (Å²) >= 11 is 1.64. The average Bonchev–Trinajstić information content (AvgIpc) is 3.15. The summed E-state index contributed by atoms with van der Waals surface area (Å²) < 4.78 is 0. The molecule has 1 aliphatic carbocycles. The van der Waals surface area contributed by atoms with Crippen molar-refractivity contribution in [1.29, 1.82) is 0 Å². The van der Waals surface area contributed by atoms with Crippen LogP contribution in [0, 0.1) is 10.1 Å². The van der Waals surface area contributed by atoms with Gasteiger partial charge in [-0.3, -0.25) is 10.1 Å². The standard InChI is InChI=1S/C13H16N6O2S/c20-19(21)10-8-16-13(18-12(10)17-9-3-4-9)15-5-1-2-11-14-6-7-22-11/h6-9H,1-5H2,(H2,15,16,17,18). The van der Waals surface area contributed by atoms with E-state index in [4.69, 9.17) is 0 Å². The molecule has 1 aliphatic rings. The molecule has 2 aromatic rings. The molecule has 2 aromatic heterocycles. The predicted molar refractivity (Wildman–Crippen MR) is 84.3 cm³/mol. The number of nitrogens with one attached hydrogen (secondary N) is 2. The maximum atomic E-state index is 11.0. The molecule has 0 radical (unpaired) electrons. The molecule has 9 heteroatoms. The first-order valence-corrected chi connectivity index (χ1v) is 8.00. The smallest absolute Gasteiger partial charge is 0.329 e. The van der Waals surface area contributed by atoms with E-state index in [0.717, 1.165) is 30.7 Å². The van der Waals surface area contributed by atoms with Crippen LogP contribution in [0.4, 0.5) is 17.5 Å². The number of hydrogen-bond donors (Lipinski definition) is 2. The SMILES string of the molecule is O=[N+]([O-])c1cnc(NCCCc2nccs2)nc1NC1CC1. The number of hydrogen-bond acceptors (Lipinski definition) is 8. The maximum Gasteiger partial charge on any atom is 0.329 e. The zero-order valence-corrected chi connectivity index (χ0v) is 12.7. The van der Waals surface area contributed by atoms with Crippen molar-refractivity contribution in [3.05, 3.63) is 32.9 Å². The van der Waals surface area contributed by atoms with Crippen LogP contribution in [0.25, 0.3) is 0 Å². The van der Waals surface area contributed by atoms with E-state index in [1.54, 1.807) is 17.5 Å². The van der Waals surface area contributed by atoms with Gasteiger partial charge >= 0.3 is 5.69 Å². The Balaban J connectivity index is 1.57. The van der Waals surface area contributed by atoms with E-state index < -0.39 is 4.92 Å². The molecule has 3 rings (SSSR count). The number of nitrogens with zero attached hydrogens (tertiary/aromatic N) is 4. The van der Waals surface area contributed by atoms with Gasteiger partial charge in [0.05, 0.1) is 9.93 Å². The van der Waals surface area contributed by atoms with Crippen LogP contribution in [-0.2, 0) is 6.42 Å². The summed E-state index contributed by atoms with van der Waals surface area (Å²) in [6.45, 7) is 0.695. The highest BCUT2D eigenvalue weighted by Crippen LogP contribution is 2.29. The van der Waals surface area contributed by atoms with Gasteiger partial charge in [-0.05, 0) is 19.3 Å². The Morgan fingerprint density at radius 1 is 1.41 bits per heavy atom. The molecule has 0 aromatic carbocycles. The van der Waals surface area contributed by atoms with Crippen LogP contribution in [0.15, 0.2) is 17.8 Å². The minimum absolute atomic E-state index is 0.0831. The van der Waals surface area contributed by atoms with E-state index in [1.807, 2.05) is 5.38 Å². The van der Waals surface area contributed by atoms with Gasteiger partial charge in [-0.2, -0.15) is 4.98 Å². The lowest BCUT2D eigenvalue weighted by molar-refractivity contribution is -0.384. The van der Waals surface area contributed by atoms with Gasteiger partial charge < -0.3 is 10.6 Å². The van der Waals surface area contributed by atoms with Crippen LogP contribution in [0.5, 0.6) is 0 Å². The Hall–Kier alpha value is -2.29. The van der Waals surface area contributed by atoms with Crippen molar-refractivity contribution < 1.29 is 4.92 Å². The molecular formula is C13H16N6O2S.